The third-order valence-corrected chi connectivity index (χ3v) is 6.28. The molecule has 2 aromatic carbocycles. The van der Waals surface area contributed by atoms with Crippen molar-refractivity contribution in [3.05, 3.63) is 70.9 Å². The van der Waals surface area contributed by atoms with Gasteiger partial charge in [0.1, 0.15) is 11.4 Å². The van der Waals surface area contributed by atoms with Crippen molar-refractivity contribution in [3.63, 3.8) is 0 Å². The summed E-state index contributed by atoms with van der Waals surface area (Å²) in [6.07, 6.45) is 3.56. The molecule has 6 nitrogen and oxygen atoms in total. The Bertz CT molecular complexity index is 1050. The van der Waals surface area contributed by atoms with Gasteiger partial charge in [-0.25, -0.2) is 0 Å². The summed E-state index contributed by atoms with van der Waals surface area (Å²) in [6, 6.07) is 15.7. The van der Waals surface area contributed by atoms with Gasteiger partial charge < -0.3 is 14.4 Å². The van der Waals surface area contributed by atoms with E-state index < -0.39 is 0 Å². The number of amides is 2. The smallest absolute Gasteiger partial charge is 0.277 e. The van der Waals surface area contributed by atoms with Crippen molar-refractivity contribution in [2.45, 2.75) is 39.2 Å². The van der Waals surface area contributed by atoms with Gasteiger partial charge in [0, 0.05) is 38.4 Å². The van der Waals surface area contributed by atoms with Crippen molar-refractivity contribution in [1.82, 2.24) is 9.80 Å². The number of carbonyl (C=O) groups excluding carboxylic acids is 2. The normalized spacial score (nSPS) is 15.9. The van der Waals surface area contributed by atoms with Gasteiger partial charge in [0.2, 0.25) is 0 Å². The third kappa shape index (κ3) is 4.81. The minimum Gasteiger partial charge on any atom is -0.496 e. The molecule has 4 rings (SSSR count). The number of fused-ring (bicyclic) bond motifs is 1. The van der Waals surface area contributed by atoms with Crippen LogP contribution in [0.5, 0.6) is 5.75 Å². The predicted molar refractivity (Wildman–Crippen MR) is 128 cm³/mol. The molecule has 2 aliphatic heterocycles. The maximum absolute atomic E-state index is 13.6. The summed E-state index contributed by atoms with van der Waals surface area (Å²) in [5, 5.41) is 0. The van der Waals surface area contributed by atoms with Crippen LogP contribution in [0.2, 0.25) is 0 Å². The Hall–Kier alpha value is -3.12. The minimum atomic E-state index is -0.257. The highest BCUT2D eigenvalue weighted by atomic mass is 16.5. The summed E-state index contributed by atoms with van der Waals surface area (Å²) in [7, 11) is 1.59. The zero-order chi connectivity index (χ0) is 23.2. The average molecular weight is 449 g/mol. The molecule has 2 aliphatic rings. The molecule has 2 amide bonds. The molecule has 0 aliphatic carbocycles. The van der Waals surface area contributed by atoms with E-state index in [0.717, 1.165) is 19.3 Å². The lowest BCUT2D eigenvalue weighted by molar-refractivity contribution is -0.137. The maximum atomic E-state index is 13.6. The van der Waals surface area contributed by atoms with Gasteiger partial charge in [-0.15, -0.1) is 0 Å². The Balaban J connectivity index is 1.63. The number of para-hydroxylation sites is 1. The fourth-order valence-electron chi connectivity index (χ4n) is 4.51. The van der Waals surface area contributed by atoms with Crippen LogP contribution in [0, 0.1) is 0 Å². The molecule has 0 spiro atoms. The Kier molecular flexibility index (Phi) is 7.45. The lowest BCUT2D eigenvalue weighted by Crippen LogP contribution is -2.38. The van der Waals surface area contributed by atoms with Crippen LogP contribution in [0.15, 0.2) is 54.2 Å². The van der Waals surface area contributed by atoms with Crippen LogP contribution in [-0.4, -0.2) is 55.0 Å². The molecule has 0 atom stereocenters. The summed E-state index contributed by atoms with van der Waals surface area (Å²) in [5.41, 5.74) is 4.06. The molecule has 0 saturated carbocycles. The second-order valence-electron chi connectivity index (χ2n) is 8.45. The van der Waals surface area contributed by atoms with Crippen LogP contribution >= 0.6 is 0 Å². The molecule has 0 N–H and O–H groups in total. The summed E-state index contributed by atoms with van der Waals surface area (Å²) in [5.74, 6) is 0.106. The molecule has 0 saturated heterocycles. The fraction of sp³-hybridized carbons (Fsp3) is 0.407. The summed E-state index contributed by atoms with van der Waals surface area (Å²) < 4.78 is 11.2. The van der Waals surface area contributed by atoms with Crippen molar-refractivity contribution in [2.24, 2.45) is 0 Å². The van der Waals surface area contributed by atoms with E-state index in [9.17, 15) is 9.59 Å². The predicted octanol–water partition coefficient (Wildman–Crippen LogP) is 4.04. The Morgan fingerprint density at radius 3 is 2.42 bits per heavy atom. The van der Waals surface area contributed by atoms with Gasteiger partial charge in [-0.3, -0.25) is 14.5 Å². The number of rotatable bonds is 10. The van der Waals surface area contributed by atoms with Gasteiger partial charge in [0.25, 0.3) is 11.8 Å². The van der Waals surface area contributed by atoms with E-state index >= 15 is 0 Å². The largest absolute Gasteiger partial charge is 0.496 e. The van der Waals surface area contributed by atoms with Gasteiger partial charge in [0.05, 0.1) is 12.7 Å². The maximum Gasteiger partial charge on any atom is 0.277 e. The van der Waals surface area contributed by atoms with E-state index in [-0.39, 0.29) is 11.8 Å². The number of nitrogens with zero attached hydrogens (tertiary/aromatic N) is 2. The zero-order valence-electron chi connectivity index (χ0n) is 19.5. The molecule has 2 heterocycles. The standard InChI is InChI=1S/C27H32N2O4/c1-3-4-17-33-18-9-15-29-26(30)24(22-12-7-8-13-23(22)32-2)25(27(29)31)28-16-14-20-10-5-6-11-21(20)19-28/h5-8,10-13H,3-4,9,14-19H2,1-2H3. The molecule has 2 aromatic rings. The van der Waals surface area contributed by atoms with Gasteiger partial charge in [-0.2, -0.15) is 0 Å². The number of carbonyl (C=O) groups is 2. The zero-order valence-corrected chi connectivity index (χ0v) is 19.5. The Morgan fingerprint density at radius 1 is 0.909 bits per heavy atom. The first-order valence-electron chi connectivity index (χ1n) is 11.8. The third-order valence-electron chi connectivity index (χ3n) is 6.28. The first-order valence-corrected chi connectivity index (χ1v) is 11.8. The van der Waals surface area contributed by atoms with Crippen LogP contribution in [0.25, 0.3) is 5.57 Å². The molecular formula is C27H32N2O4. The number of hydrogen-bond donors (Lipinski definition) is 0. The highest BCUT2D eigenvalue weighted by Crippen LogP contribution is 2.37. The number of ether oxygens (including phenoxy) is 2. The van der Waals surface area contributed by atoms with E-state index in [2.05, 4.69) is 24.0 Å². The number of hydrogen-bond acceptors (Lipinski definition) is 5. The number of imide groups is 1. The summed E-state index contributed by atoms with van der Waals surface area (Å²) in [4.78, 5) is 30.6. The van der Waals surface area contributed by atoms with E-state index in [1.807, 2.05) is 36.4 Å². The fourth-order valence-corrected chi connectivity index (χ4v) is 4.51. The van der Waals surface area contributed by atoms with E-state index in [0.29, 0.717) is 61.9 Å². The van der Waals surface area contributed by atoms with Crippen LogP contribution in [0.1, 0.15) is 42.9 Å². The van der Waals surface area contributed by atoms with Crippen molar-refractivity contribution in [2.75, 3.05) is 33.4 Å². The molecule has 174 valence electrons. The number of unbranched alkanes of at least 4 members (excludes halogenated alkanes) is 1. The SMILES string of the molecule is CCCCOCCCN1C(=O)C(c2ccccc2OC)=C(N2CCc3ccccc3C2)C1=O. The Morgan fingerprint density at radius 2 is 1.64 bits per heavy atom. The van der Waals surface area contributed by atoms with Gasteiger partial charge in [-0.1, -0.05) is 55.8 Å². The number of methoxy groups -OCH3 is 1. The van der Waals surface area contributed by atoms with Crippen LogP contribution < -0.4 is 4.74 Å². The minimum absolute atomic E-state index is 0.228. The summed E-state index contributed by atoms with van der Waals surface area (Å²) in [6.45, 7) is 5.01. The monoisotopic (exact) mass is 448 g/mol. The molecule has 0 bridgehead atoms. The van der Waals surface area contributed by atoms with Crippen LogP contribution in [-0.2, 0) is 27.3 Å². The van der Waals surface area contributed by atoms with Crippen molar-refractivity contribution in [1.29, 1.82) is 0 Å². The first-order chi connectivity index (χ1) is 16.2. The molecular weight excluding hydrogens is 416 g/mol. The van der Waals surface area contributed by atoms with Gasteiger partial charge >= 0.3 is 0 Å². The first kappa shape index (κ1) is 23.1. The Labute approximate surface area is 195 Å². The van der Waals surface area contributed by atoms with Crippen molar-refractivity contribution >= 4 is 17.4 Å². The lowest BCUT2D eigenvalue weighted by Gasteiger charge is -2.31. The lowest BCUT2D eigenvalue weighted by atomic mass is 9.97. The molecule has 0 fully saturated rings. The van der Waals surface area contributed by atoms with E-state index in [4.69, 9.17) is 9.47 Å². The highest BCUT2D eigenvalue weighted by molar-refractivity contribution is 6.36. The average Bonchev–Trinajstić information content (AvgIpc) is 3.10. The van der Waals surface area contributed by atoms with Crippen molar-refractivity contribution < 1.29 is 19.1 Å². The quantitative estimate of drug-likeness (QED) is 0.406. The molecule has 33 heavy (non-hydrogen) atoms. The van der Waals surface area contributed by atoms with E-state index in [1.54, 1.807) is 7.11 Å². The second kappa shape index (κ2) is 10.7. The molecule has 0 aromatic heterocycles. The van der Waals surface area contributed by atoms with Crippen LogP contribution in [0.4, 0.5) is 0 Å². The summed E-state index contributed by atoms with van der Waals surface area (Å²) >= 11 is 0. The highest BCUT2D eigenvalue weighted by Gasteiger charge is 2.42. The van der Waals surface area contributed by atoms with Gasteiger partial charge in [-0.05, 0) is 36.5 Å². The van der Waals surface area contributed by atoms with E-state index in [1.165, 1.54) is 16.0 Å². The molecule has 0 unspecified atom stereocenters. The topological polar surface area (TPSA) is 59.1 Å². The van der Waals surface area contributed by atoms with Crippen LogP contribution in [0.3, 0.4) is 0 Å². The molecule has 0 radical (unpaired) electrons. The molecule has 6 heteroatoms. The van der Waals surface area contributed by atoms with Crippen molar-refractivity contribution in [3.8, 4) is 5.75 Å². The second-order valence-corrected chi connectivity index (χ2v) is 8.45. The number of benzene rings is 2. The van der Waals surface area contributed by atoms with Gasteiger partial charge in [0.15, 0.2) is 0 Å².